The Kier molecular flexibility index (Phi) is 8.70. The maximum atomic E-state index is 14.2. The Morgan fingerprint density at radius 3 is 2.49 bits per heavy atom. The number of hydrogen-bond acceptors (Lipinski definition) is 6. The first kappa shape index (κ1) is 28.8. The predicted molar refractivity (Wildman–Crippen MR) is 155 cm³/mol. The Hall–Kier alpha value is -3.76. The van der Waals surface area contributed by atoms with Crippen molar-refractivity contribution >= 4 is 33.3 Å². The van der Waals surface area contributed by atoms with Crippen LogP contribution in [0.15, 0.2) is 71.6 Å². The van der Waals surface area contributed by atoms with Crippen LogP contribution in [0.4, 0.5) is 15.8 Å². The van der Waals surface area contributed by atoms with Gasteiger partial charge in [-0.05, 0) is 80.5 Å². The van der Waals surface area contributed by atoms with Gasteiger partial charge in [-0.15, -0.1) is 0 Å². The monoisotopic (exact) mass is 579 g/mol. The lowest BCUT2D eigenvalue weighted by Crippen LogP contribution is -2.38. The molecular weight excluding hydrogens is 545 g/mol. The Balaban J connectivity index is 1.45. The summed E-state index contributed by atoms with van der Waals surface area (Å²) in [6, 6.07) is 17.7. The summed E-state index contributed by atoms with van der Waals surface area (Å²) in [5.41, 5.74) is 2.65. The molecule has 5 rings (SSSR count). The van der Waals surface area contributed by atoms with Crippen molar-refractivity contribution in [1.82, 2.24) is 4.72 Å². The van der Waals surface area contributed by atoms with E-state index in [9.17, 15) is 22.4 Å². The number of benzene rings is 3. The van der Waals surface area contributed by atoms with Crippen molar-refractivity contribution in [2.75, 3.05) is 29.9 Å². The smallest absolute Gasteiger partial charge is 0.309 e. The molecule has 1 unspecified atom stereocenters. The molecule has 0 saturated carbocycles. The topological polar surface area (TPSA) is 105 Å². The van der Waals surface area contributed by atoms with Crippen LogP contribution in [0.2, 0.25) is 0 Å². The fraction of sp³-hybridized carbons (Fsp3) is 0.355. The van der Waals surface area contributed by atoms with E-state index in [-0.39, 0.29) is 34.1 Å². The van der Waals surface area contributed by atoms with Gasteiger partial charge >= 0.3 is 5.97 Å². The van der Waals surface area contributed by atoms with Crippen molar-refractivity contribution in [3.05, 3.63) is 89.2 Å². The molecule has 0 radical (unpaired) electrons. The van der Waals surface area contributed by atoms with Crippen LogP contribution in [0, 0.1) is 11.7 Å². The molecule has 1 aliphatic heterocycles. The normalized spacial score (nSPS) is 17.5. The highest BCUT2D eigenvalue weighted by Crippen LogP contribution is 2.35. The lowest BCUT2D eigenvalue weighted by Gasteiger charge is -2.34. The molecule has 0 spiro atoms. The number of rotatable bonds is 8. The number of ether oxygens (including phenoxy) is 1. The minimum atomic E-state index is -4.06. The molecule has 216 valence electrons. The first-order valence-electron chi connectivity index (χ1n) is 14.0. The molecule has 1 saturated heterocycles. The zero-order chi connectivity index (χ0) is 29.0. The number of aryl methyl sites for hydroxylation is 1. The molecule has 8 nitrogen and oxygen atoms in total. The van der Waals surface area contributed by atoms with Crippen LogP contribution >= 0.6 is 0 Å². The van der Waals surface area contributed by atoms with Gasteiger partial charge in [0.15, 0.2) is 0 Å². The summed E-state index contributed by atoms with van der Waals surface area (Å²) in [5, 5.41) is 2.65. The number of carbonyl (C=O) groups is 2. The maximum absolute atomic E-state index is 14.2. The number of fused-ring (bicyclic) bond motifs is 1. The second-order valence-electron chi connectivity index (χ2n) is 10.4. The van der Waals surface area contributed by atoms with E-state index in [1.807, 2.05) is 29.2 Å². The largest absolute Gasteiger partial charge is 0.466 e. The third-order valence-corrected chi connectivity index (χ3v) is 9.25. The van der Waals surface area contributed by atoms with Gasteiger partial charge in [-0.25, -0.2) is 17.5 Å². The molecular formula is C31H34FN3O5S. The number of nitrogens with zero attached hydrogens (tertiary/aromatic N) is 1. The SMILES string of the molecule is CCOC(=O)C1CCN(c2ccc(NC(=O)c3ccccc3F)cc2S(=O)(=O)NC2CCCc3ccccc32)CC1. The van der Waals surface area contributed by atoms with Gasteiger partial charge in [-0.2, -0.15) is 0 Å². The van der Waals surface area contributed by atoms with Crippen LogP contribution in [0.3, 0.4) is 0 Å². The number of amides is 1. The fourth-order valence-electron chi connectivity index (χ4n) is 5.66. The zero-order valence-electron chi connectivity index (χ0n) is 22.9. The average molecular weight is 580 g/mol. The second-order valence-corrected chi connectivity index (χ2v) is 12.1. The van der Waals surface area contributed by atoms with Gasteiger partial charge in [-0.1, -0.05) is 36.4 Å². The van der Waals surface area contributed by atoms with E-state index in [2.05, 4.69) is 10.0 Å². The minimum Gasteiger partial charge on any atom is -0.466 e. The van der Waals surface area contributed by atoms with Crippen LogP contribution in [-0.2, 0) is 26.0 Å². The quantitative estimate of drug-likeness (QED) is 0.355. The highest BCUT2D eigenvalue weighted by Gasteiger charge is 2.32. The molecule has 1 fully saturated rings. The summed E-state index contributed by atoms with van der Waals surface area (Å²) in [6.45, 7) is 3.03. The van der Waals surface area contributed by atoms with E-state index in [0.29, 0.717) is 44.6 Å². The number of esters is 1. The molecule has 3 aromatic carbocycles. The molecule has 0 aromatic heterocycles. The number of hydrogen-bond donors (Lipinski definition) is 2. The Labute approximate surface area is 240 Å². The minimum absolute atomic E-state index is 0.0153. The van der Waals surface area contributed by atoms with Crippen molar-refractivity contribution in [2.45, 2.75) is 50.0 Å². The lowest BCUT2D eigenvalue weighted by atomic mass is 9.88. The summed E-state index contributed by atoms with van der Waals surface area (Å²) in [6.07, 6.45) is 3.49. The molecule has 1 heterocycles. The predicted octanol–water partition coefficient (Wildman–Crippen LogP) is 5.21. The molecule has 1 amide bonds. The summed E-state index contributed by atoms with van der Waals surface area (Å²) >= 11 is 0. The number of piperidine rings is 1. The van der Waals surface area contributed by atoms with Crippen LogP contribution in [0.25, 0.3) is 0 Å². The fourth-order valence-corrected chi connectivity index (χ4v) is 7.16. The van der Waals surface area contributed by atoms with Gasteiger partial charge in [0.1, 0.15) is 10.7 Å². The van der Waals surface area contributed by atoms with Gasteiger partial charge in [-0.3, -0.25) is 9.59 Å². The van der Waals surface area contributed by atoms with Crippen molar-refractivity contribution in [1.29, 1.82) is 0 Å². The summed E-state index contributed by atoms with van der Waals surface area (Å²) < 4.78 is 50.3. The Morgan fingerprint density at radius 1 is 1.00 bits per heavy atom. The standard InChI is InChI=1S/C31H34FN3O5S/c1-2-40-31(37)22-16-18-35(19-17-22)28-15-14-23(33-30(36)25-11-5-6-12-26(25)32)20-29(28)41(38,39)34-27-13-7-9-21-8-3-4-10-24(21)27/h3-6,8,10-12,14-15,20,22,27,34H,2,7,9,13,16-19H2,1H3,(H,33,36). The van der Waals surface area contributed by atoms with Crippen LogP contribution in [0.1, 0.15) is 60.1 Å². The van der Waals surface area contributed by atoms with Crippen molar-refractivity contribution < 1.29 is 27.1 Å². The zero-order valence-corrected chi connectivity index (χ0v) is 23.8. The van der Waals surface area contributed by atoms with E-state index in [1.165, 1.54) is 24.3 Å². The first-order valence-corrected chi connectivity index (χ1v) is 15.5. The number of nitrogens with one attached hydrogen (secondary N) is 2. The van der Waals surface area contributed by atoms with Crippen molar-refractivity contribution in [3.8, 4) is 0 Å². The van der Waals surface area contributed by atoms with Gasteiger partial charge in [0, 0.05) is 24.8 Å². The Bertz CT molecular complexity index is 1540. The van der Waals surface area contributed by atoms with E-state index in [0.717, 1.165) is 24.0 Å². The first-order chi connectivity index (χ1) is 19.8. The summed E-state index contributed by atoms with van der Waals surface area (Å²) in [7, 11) is -4.06. The molecule has 1 aliphatic carbocycles. The van der Waals surface area contributed by atoms with E-state index in [1.54, 1.807) is 25.1 Å². The molecule has 2 N–H and O–H groups in total. The van der Waals surface area contributed by atoms with Crippen LogP contribution in [-0.4, -0.2) is 40.0 Å². The van der Waals surface area contributed by atoms with Crippen LogP contribution < -0.4 is 14.9 Å². The van der Waals surface area contributed by atoms with Gasteiger partial charge in [0.2, 0.25) is 10.0 Å². The third-order valence-electron chi connectivity index (χ3n) is 7.75. The summed E-state index contributed by atoms with van der Waals surface area (Å²) in [4.78, 5) is 27.0. The van der Waals surface area contributed by atoms with Gasteiger partial charge in [0.25, 0.3) is 5.91 Å². The average Bonchev–Trinajstić information content (AvgIpc) is 2.97. The molecule has 10 heteroatoms. The molecule has 41 heavy (non-hydrogen) atoms. The number of carbonyl (C=O) groups excluding carboxylic acids is 2. The number of anilines is 2. The van der Waals surface area contributed by atoms with E-state index in [4.69, 9.17) is 4.74 Å². The maximum Gasteiger partial charge on any atom is 0.309 e. The van der Waals surface area contributed by atoms with Crippen molar-refractivity contribution in [3.63, 3.8) is 0 Å². The Morgan fingerprint density at radius 2 is 1.73 bits per heavy atom. The lowest BCUT2D eigenvalue weighted by molar-refractivity contribution is -0.148. The molecule has 1 atom stereocenters. The van der Waals surface area contributed by atoms with E-state index < -0.39 is 21.7 Å². The molecule has 3 aromatic rings. The second kappa shape index (κ2) is 12.4. The van der Waals surface area contributed by atoms with Crippen molar-refractivity contribution in [2.24, 2.45) is 5.92 Å². The van der Waals surface area contributed by atoms with E-state index >= 15 is 0 Å². The molecule has 2 aliphatic rings. The van der Waals surface area contributed by atoms with Gasteiger partial charge < -0.3 is 15.0 Å². The molecule has 0 bridgehead atoms. The number of sulfonamides is 1. The number of halogens is 1. The highest BCUT2D eigenvalue weighted by molar-refractivity contribution is 7.89. The van der Waals surface area contributed by atoms with Crippen LogP contribution in [0.5, 0.6) is 0 Å². The summed E-state index contributed by atoms with van der Waals surface area (Å²) in [5.74, 6) is -1.81. The third kappa shape index (κ3) is 6.44. The highest BCUT2D eigenvalue weighted by atomic mass is 32.2. The van der Waals surface area contributed by atoms with Gasteiger partial charge in [0.05, 0.1) is 23.8 Å².